The molecule has 0 saturated heterocycles. The van der Waals surface area contributed by atoms with Crippen LogP contribution in [0.3, 0.4) is 0 Å². The molecule has 1 rings (SSSR count). The van der Waals surface area contributed by atoms with Crippen molar-refractivity contribution in [2.24, 2.45) is 5.73 Å². The number of halogens is 1. The van der Waals surface area contributed by atoms with Crippen LogP contribution in [0.15, 0.2) is 18.2 Å². The van der Waals surface area contributed by atoms with Gasteiger partial charge in [-0.2, -0.15) is 0 Å². The summed E-state index contributed by atoms with van der Waals surface area (Å²) in [6.07, 6.45) is 0. The summed E-state index contributed by atoms with van der Waals surface area (Å²) in [6.45, 7) is 0. The molecule has 0 saturated carbocycles. The molecule has 0 radical (unpaired) electrons. The normalized spacial score (nSPS) is 10.9. The molecule has 0 atom stereocenters. The molecule has 94 valence electrons. The van der Waals surface area contributed by atoms with Crippen LogP contribution in [-0.4, -0.2) is 26.3 Å². The lowest BCUT2D eigenvalue weighted by molar-refractivity contribution is 0.415. The second-order valence-electron chi connectivity index (χ2n) is 3.18. The molecule has 0 heterocycles. The van der Waals surface area contributed by atoms with Crippen LogP contribution in [0.1, 0.15) is 0 Å². The van der Waals surface area contributed by atoms with E-state index in [1.807, 2.05) is 0 Å². The highest BCUT2D eigenvalue weighted by Gasteiger charge is 2.12. The lowest BCUT2D eigenvalue weighted by atomic mass is 10.3. The van der Waals surface area contributed by atoms with Crippen molar-refractivity contribution in [1.82, 2.24) is 0 Å². The second-order valence-corrected chi connectivity index (χ2v) is 5.83. The molecule has 0 aliphatic rings. The minimum atomic E-state index is -3.59. The van der Waals surface area contributed by atoms with E-state index in [-0.39, 0.29) is 4.99 Å². The first-order chi connectivity index (χ1) is 7.84. The fraction of sp³-hybridized carbons (Fsp3) is 0.222. The lowest BCUT2D eigenvalue weighted by Gasteiger charge is -2.09. The van der Waals surface area contributed by atoms with Gasteiger partial charge in [0.05, 0.1) is 22.8 Å². The van der Waals surface area contributed by atoms with Gasteiger partial charge in [0.1, 0.15) is 11.5 Å². The summed E-state index contributed by atoms with van der Waals surface area (Å²) < 4.78 is 30.3. The molecule has 0 unspecified atom stereocenters. The highest BCUT2D eigenvalue weighted by Crippen LogP contribution is 2.27. The number of benzene rings is 1. The average molecular weight is 295 g/mol. The molecule has 1 aromatic rings. The van der Waals surface area contributed by atoms with Crippen LogP contribution in [0.5, 0.6) is 5.75 Å². The number of thiocarbonyl (C=S) groups is 1. The molecule has 5 nitrogen and oxygen atoms in total. The number of ether oxygens (including phenoxy) is 1. The molecule has 8 heteroatoms. The zero-order chi connectivity index (χ0) is 13.1. The minimum absolute atomic E-state index is 0.0999. The lowest BCUT2D eigenvalue weighted by Crippen LogP contribution is -2.26. The number of hydrogen-bond donors (Lipinski definition) is 2. The summed E-state index contributed by atoms with van der Waals surface area (Å²) >= 11 is 10.4. The van der Waals surface area contributed by atoms with Crippen LogP contribution in [0, 0.1) is 0 Å². The van der Waals surface area contributed by atoms with Crippen molar-refractivity contribution >= 4 is 44.5 Å². The average Bonchev–Trinajstić information content (AvgIpc) is 2.14. The first-order valence-corrected chi connectivity index (χ1v) is 6.90. The smallest absolute Gasteiger partial charge is 0.239 e. The van der Waals surface area contributed by atoms with Gasteiger partial charge in [0.2, 0.25) is 10.0 Å². The third-order valence-corrected chi connectivity index (χ3v) is 3.62. The zero-order valence-corrected chi connectivity index (χ0v) is 11.3. The van der Waals surface area contributed by atoms with Gasteiger partial charge in [-0.15, -0.1) is 0 Å². The Balaban J connectivity index is 2.89. The number of anilines is 1. The monoisotopic (exact) mass is 294 g/mol. The Morgan fingerprint density at radius 2 is 2.24 bits per heavy atom. The summed E-state index contributed by atoms with van der Waals surface area (Å²) in [5, 5.41) is 0.308. The van der Waals surface area contributed by atoms with Crippen molar-refractivity contribution in [2.75, 3.05) is 17.6 Å². The number of methoxy groups -OCH3 is 1. The summed E-state index contributed by atoms with van der Waals surface area (Å²) in [5.74, 6) is 0.0513. The number of nitrogens with one attached hydrogen (secondary N) is 1. The highest BCUT2D eigenvalue weighted by atomic mass is 35.5. The Morgan fingerprint density at radius 1 is 1.59 bits per heavy atom. The van der Waals surface area contributed by atoms with Crippen molar-refractivity contribution in [1.29, 1.82) is 0 Å². The van der Waals surface area contributed by atoms with E-state index >= 15 is 0 Å². The van der Waals surface area contributed by atoms with Crippen LogP contribution < -0.4 is 15.2 Å². The summed E-state index contributed by atoms with van der Waals surface area (Å²) in [7, 11) is -2.12. The quantitative estimate of drug-likeness (QED) is 0.802. The van der Waals surface area contributed by atoms with Crippen molar-refractivity contribution < 1.29 is 13.2 Å². The SMILES string of the molecule is COc1ccc(NS(=O)(=O)CC(N)=S)cc1Cl. The van der Waals surface area contributed by atoms with Gasteiger partial charge < -0.3 is 10.5 Å². The summed E-state index contributed by atoms with van der Waals surface area (Å²) in [4.78, 5) is -0.0999. The molecule has 17 heavy (non-hydrogen) atoms. The standard InChI is InChI=1S/C9H11ClN2O3S2/c1-15-8-3-2-6(4-7(8)10)12-17(13,14)5-9(11)16/h2-4,12H,5H2,1H3,(H2,11,16). The minimum Gasteiger partial charge on any atom is -0.495 e. The zero-order valence-electron chi connectivity index (χ0n) is 8.94. The topological polar surface area (TPSA) is 81.4 Å². The van der Waals surface area contributed by atoms with E-state index in [2.05, 4.69) is 16.9 Å². The molecule has 0 amide bonds. The largest absolute Gasteiger partial charge is 0.495 e. The first kappa shape index (κ1) is 14.0. The molecule has 1 aromatic carbocycles. The van der Waals surface area contributed by atoms with E-state index in [4.69, 9.17) is 22.1 Å². The Labute approximate surface area is 110 Å². The fourth-order valence-corrected chi connectivity index (χ4v) is 2.79. The van der Waals surface area contributed by atoms with Crippen LogP contribution in [-0.2, 0) is 10.0 Å². The Kier molecular flexibility index (Phi) is 4.55. The molecular formula is C9H11ClN2O3S2. The number of sulfonamides is 1. The van der Waals surface area contributed by atoms with Crippen molar-refractivity contribution in [3.63, 3.8) is 0 Å². The van der Waals surface area contributed by atoms with Crippen molar-refractivity contribution in [2.45, 2.75) is 0 Å². The first-order valence-electron chi connectivity index (χ1n) is 4.46. The van der Waals surface area contributed by atoms with Crippen LogP contribution in [0.4, 0.5) is 5.69 Å². The molecule has 0 fully saturated rings. The third-order valence-electron chi connectivity index (χ3n) is 1.76. The highest BCUT2D eigenvalue weighted by molar-refractivity contribution is 7.95. The van der Waals surface area contributed by atoms with E-state index in [9.17, 15) is 8.42 Å². The fourth-order valence-electron chi connectivity index (χ4n) is 1.13. The maximum absolute atomic E-state index is 11.5. The van der Waals surface area contributed by atoms with Gasteiger partial charge in [0.15, 0.2) is 0 Å². The maximum Gasteiger partial charge on any atom is 0.239 e. The third kappa shape index (κ3) is 4.37. The predicted molar refractivity (Wildman–Crippen MR) is 72.2 cm³/mol. The van der Waals surface area contributed by atoms with E-state index < -0.39 is 15.8 Å². The van der Waals surface area contributed by atoms with E-state index in [0.717, 1.165) is 0 Å². The maximum atomic E-state index is 11.5. The molecule has 3 N–H and O–H groups in total. The van der Waals surface area contributed by atoms with Gasteiger partial charge in [-0.1, -0.05) is 23.8 Å². The van der Waals surface area contributed by atoms with E-state index in [1.54, 1.807) is 6.07 Å². The van der Waals surface area contributed by atoms with Gasteiger partial charge in [-0.05, 0) is 18.2 Å². The molecule has 0 aromatic heterocycles. The van der Waals surface area contributed by atoms with Gasteiger partial charge in [0.25, 0.3) is 0 Å². The summed E-state index contributed by atoms with van der Waals surface area (Å²) in [6, 6.07) is 4.53. The number of rotatable bonds is 5. The second kappa shape index (κ2) is 5.52. The Morgan fingerprint density at radius 3 is 2.71 bits per heavy atom. The number of hydrogen-bond acceptors (Lipinski definition) is 4. The van der Waals surface area contributed by atoms with Gasteiger partial charge in [-0.25, -0.2) is 8.42 Å². The van der Waals surface area contributed by atoms with Crippen LogP contribution in [0.25, 0.3) is 0 Å². The molecular weight excluding hydrogens is 284 g/mol. The van der Waals surface area contributed by atoms with E-state index in [1.165, 1.54) is 19.2 Å². The molecule has 0 aliphatic carbocycles. The molecule has 0 bridgehead atoms. The molecule has 0 spiro atoms. The van der Waals surface area contributed by atoms with Gasteiger partial charge in [-0.3, -0.25) is 4.72 Å². The Hall–Kier alpha value is -1.05. The molecule has 0 aliphatic heterocycles. The van der Waals surface area contributed by atoms with E-state index in [0.29, 0.717) is 16.5 Å². The van der Waals surface area contributed by atoms with Crippen molar-refractivity contribution in [3.8, 4) is 5.75 Å². The Bertz CT molecular complexity index is 531. The predicted octanol–water partition coefficient (Wildman–Crippen LogP) is 1.38. The van der Waals surface area contributed by atoms with Crippen LogP contribution in [0.2, 0.25) is 5.02 Å². The van der Waals surface area contributed by atoms with Gasteiger partial charge in [0, 0.05) is 0 Å². The van der Waals surface area contributed by atoms with Crippen LogP contribution >= 0.6 is 23.8 Å². The number of nitrogens with two attached hydrogens (primary N) is 1. The summed E-state index contributed by atoms with van der Waals surface area (Å²) in [5.41, 5.74) is 5.50. The van der Waals surface area contributed by atoms with Gasteiger partial charge >= 0.3 is 0 Å². The van der Waals surface area contributed by atoms with Crippen molar-refractivity contribution in [3.05, 3.63) is 23.2 Å².